The predicted octanol–water partition coefficient (Wildman–Crippen LogP) is 17.8. The Hall–Kier alpha value is -3.64. The molecule has 0 spiro atoms. The number of allylic oxidation sites excluding steroid dienone is 4. The van der Waals surface area contributed by atoms with Crippen molar-refractivity contribution < 1.29 is 94.9 Å². The lowest BCUT2D eigenvalue weighted by Crippen LogP contribution is -2.43. The van der Waals surface area contributed by atoms with Gasteiger partial charge in [-0.3, -0.25) is 46.9 Å². The molecule has 108 heavy (non-hydrogen) atoms. The molecule has 0 aromatic rings. The van der Waals surface area contributed by atoms with Crippen molar-refractivity contribution in [2.45, 2.75) is 399 Å². The van der Waals surface area contributed by atoms with Crippen LogP contribution in [0.1, 0.15) is 363 Å². The average Bonchev–Trinajstić information content (AvgIpc) is 0.907. The number of carbonyl (C=O) groups is 6. The van der Waals surface area contributed by atoms with E-state index in [4.69, 9.17) is 37.0 Å². The molecular weight excluding hydrogens is 1420 g/mol. The van der Waals surface area contributed by atoms with Gasteiger partial charge in [0, 0.05) is 52.0 Å². The minimum Gasteiger partial charge on any atom is -0.462 e. The molecule has 24 nitrogen and oxygen atoms in total. The molecule has 0 aliphatic heterocycles. The van der Waals surface area contributed by atoms with Crippen LogP contribution in [0.5, 0.6) is 0 Å². The van der Waals surface area contributed by atoms with E-state index in [0.29, 0.717) is 77.0 Å². The van der Waals surface area contributed by atoms with Crippen molar-refractivity contribution in [3.05, 3.63) is 24.3 Å². The van der Waals surface area contributed by atoms with Gasteiger partial charge >= 0.3 is 27.6 Å². The molecule has 0 aliphatic carbocycles. The second-order valence-electron chi connectivity index (χ2n) is 29.2. The first kappa shape index (κ1) is 104. The number of ether oxygens (including phenoxy) is 4. The molecule has 0 rings (SSSR count). The minimum absolute atomic E-state index is 0.0915. The summed E-state index contributed by atoms with van der Waals surface area (Å²) >= 11 is 0. The number of amides is 4. The van der Waals surface area contributed by atoms with Crippen LogP contribution in [0.25, 0.3) is 0 Å². The molecule has 8 N–H and O–H groups in total. The number of hydrogen-bond acceptors (Lipinski definition) is 18. The molecular formula is C82H156N4O20P2. The van der Waals surface area contributed by atoms with E-state index in [1.807, 2.05) is 0 Å². The molecule has 0 aromatic heterocycles. The number of esters is 2. The highest BCUT2D eigenvalue weighted by Crippen LogP contribution is 2.44. The highest BCUT2D eigenvalue weighted by atomic mass is 31.2. The van der Waals surface area contributed by atoms with E-state index in [-0.39, 0.29) is 115 Å². The monoisotopic (exact) mass is 1580 g/mol. The summed E-state index contributed by atoms with van der Waals surface area (Å²) in [6, 6.07) is -1.81. The number of aliphatic hydroxyl groups excluding tert-OH is 2. The lowest BCUT2D eigenvalue weighted by Gasteiger charge is -2.23. The fraction of sp³-hybridized carbons (Fsp3) is 0.878. The smallest absolute Gasteiger partial charge is 0.462 e. The summed E-state index contributed by atoms with van der Waals surface area (Å²) in [7, 11) is -9.38. The number of carbonyl (C=O) groups excluding carboxylic acids is 6. The number of aliphatic hydroxyl groups is 2. The normalized spacial score (nSPS) is 14.6. The van der Waals surface area contributed by atoms with Crippen LogP contribution in [0.15, 0.2) is 24.3 Å². The van der Waals surface area contributed by atoms with E-state index in [0.717, 1.165) is 167 Å². The summed E-state index contributed by atoms with van der Waals surface area (Å²) in [4.78, 5) is 100.0. The number of hydrogen-bond donors (Lipinski definition) is 8. The topological polar surface area (TPSA) is 339 Å². The zero-order valence-corrected chi connectivity index (χ0v) is 70.2. The van der Waals surface area contributed by atoms with Crippen LogP contribution in [0.3, 0.4) is 0 Å². The van der Waals surface area contributed by atoms with Crippen LogP contribution in [0.4, 0.5) is 0 Å². The second-order valence-corrected chi connectivity index (χ2v) is 32.1. The third-order valence-electron chi connectivity index (χ3n) is 18.6. The molecule has 0 fully saturated rings. The maximum atomic E-state index is 13.6. The van der Waals surface area contributed by atoms with E-state index in [9.17, 15) is 57.9 Å². The Bertz CT molecular complexity index is 2180. The van der Waals surface area contributed by atoms with Gasteiger partial charge in [-0.25, -0.2) is 9.13 Å². The van der Waals surface area contributed by atoms with Crippen LogP contribution < -0.4 is 21.3 Å². The van der Waals surface area contributed by atoms with E-state index < -0.39 is 77.2 Å². The van der Waals surface area contributed by atoms with Crippen molar-refractivity contribution in [2.24, 2.45) is 0 Å². The molecule has 0 radical (unpaired) electrons. The van der Waals surface area contributed by atoms with Crippen molar-refractivity contribution in [3.63, 3.8) is 0 Å². The number of nitrogens with one attached hydrogen (secondary N) is 4. The molecule has 6 unspecified atom stereocenters. The molecule has 0 saturated carbocycles. The maximum Gasteiger partial charge on any atom is 0.472 e. The SMILES string of the molecule is CCCCCCC=CCCCC(=O)O[C@H](CCCCCCC)CC(=O)NC(COCCC(O)CCCCCCC)COP(=O)(O)OCCNC(=O)CCCCCCC(=O)NCCOP(=O)(O)OCC(COCCC(O)CCCCCCC)NC(=O)C[C@@H](CCCCCCC)OC(=O)CCCC=CCCCCCC. The summed E-state index contributed by atoms with van der Waals surface area (Å²) < 4.78 is 70.7. The highest BCUT2D eigenvalue weighted by Gasteiger charge is 2.29. The number of unbranched alkanes of at least 4 members (excludes halogenated alkanes) is 29. The first-order valence-electron chi connectivity index (χ1n) is 42.8. The zero-order chi connectivity index (χ0) is 79.7. The van der Waals surface area contributed by atoms with Gasteiger partial charge in [0.05, 0.1) is 76.8 Å². The molecule has 0 aromatic carbocycles. The van der Waals surface area contributed by atoms with Gasteiger partial charge in [0.2, 0.25) is 23.6 Å². The fourth-order valence-electron chi connectivity index (χ4n) is 12.1. The molecule has 0 bridgehead atoms. The standard InChI is InChI=1S/C82H156N4O20P2/c1-7-13-19-25-27-29-31-37-47-55-81(93)105-75(51-43-35-23-17-11-5)65-79(91)85-71(67-99-61-57-73(87)49-41-33-21-15-9-3)69-103-107(95,96)101-63-59-83-77(89)53-45-39-40-46-54-78(90)84-60-64-102-108(97,98)104-70-72(68-100-62-58-74(88)50-42-34-22-16-10-4)86-80(92)66-76(52-44-36-24-18-12-6)106-82(94)56-48-38-32-30-28-26-20-14-8-2/h29-32,71-76,87-88H,7-28,33-70H2,1-6H3,(H,83,89)(H,84,90)(H,85,91)(H,86,92)(H,95,96)(H,97,98)/t71?,72?,73?,74?,75-,76-/m1/s1. The summed E-state index contributed by atoms with van der Waals surface area (Å²) in [5.41, 5.74) is 0. The molecule has 0 aliphatic rings. The van der Waals surface area contributed by atoms with Gasteiger partial charge in [-0.2, -0.15) is 0 Å². The Morgan fingerprint density at radius 3 is 0.981 bits per heavy atom. The Kier molecular flexibility index (Phi) is 72.2. The average molecular weight is 1580 g/mol. The Labute approximate surface area is 653 Å². The van der Waals surface area contributed by atoms with E-state index >= 15 is 0 Å². The van der Waals surface area contributed by atoms with Gasteiger partial charge in [-0.1, -0.05) is 233 Å². The summed E-state index contributed by atoms with van der Waals surface area (Å²) in [5.74, 6) is -2.25. The lowest BCUT2D eigenvalue weighted by atomic mass is 10.1. The summed E-state index contributed by atoms with van der Waals surface area (Å²) in [5, 5.41) is 32.2. The highest BCUT2D eigenvalue weighted by molar-refractivity contribution is 7.47. The third kappa shape index (κ3) is 71.4. The fourth-order valence-corrected chi connectivity index (χ4v) is 13.6. The summed E-state index contributed by atoms with van der Waals surface area (Å²) in [6.07, 6.45) is 46.9. The van der Waals surface area contributed by atoms with Crippen LogP contribution in [-0.4, -0.2) is 158 Å². The molecule has 0 heterocycles. The number of phosphoric acid groups is 2. The molecule has 634 valence electrons. The van der Waals surface area contributed by atoms with Crippen LogP contribution >= 0.6 is 15.6 Å². The van der Waals surface area contributed by atoms with Crippen LogP contribution in [0, 0.1) is 0 Å². The third-order valence-corrected chi connectivity index (χ3v) is 20.6. The van der Waals surface area contributed by atoms with Gasteiger partial charge < -0.3 is 60.2 Å². The van der Waals surface area contributed by atoms with Crippen molar-refractivity contribution in [1.82, 2.24) is 21.3 Å². The number of phosphoric ester groups is 2. The zero-order valence-electron chi connectivity index (χ0n) is 68.4. The van der Waals surface area contributed by atoms with E-state index in [1.54, 1.807) is 0 Å². The minimum atomic E-state index is -4.69. The largest absolute Gasteiger partial charge is 0.472 e. The Balaban J connectivity index is 5.31. The predicted molar refractivity (Wildman–Crippen MR) is 430 cm³/mol. The lowest BCUT2D eigenvalue weighted by molar-refractivity contribution is -0.152. The summed E-state index contributed by atoms with van der Waals surface area (Å²) in [6.45, 7) is 11.3. The quantitative estimate of drug-likeness (QED) is 0.0121. The van der Waals surface area contributed by atoms with Gasteiger partial charge in [0.15, 0.2) is 0 Å². The van der Waals surface area contributed by atoms with Crippen molar-refractivity contribution in [3.8, 4) is 0 Å². The molecule has 26 heteroatoms. The van der Waals surface area contributed by atoms with Gasteiger partial charge in [-0.05, 0) is 116 Å². The maximum absolute atomic E-state index is 13.6. The number of rotatable bonds is 81. The van der Waals surface area contributed by atoms with Gasteiger partial charge in [0.25, 0.3) is 0 Å². The Morgan fingerprint density at radius 2 is 0.639 bits per heavy atom. The molecule has 4 amide bonds. The van der Waals surface area contributed by atoms with Crippen molar-refractivity contribution in [1.29, 1.82) is 0 Å². The van der Waals surface area contributed by atoms with Crippen molar-refractivity contribution in [2.75, 3.05) is 65.9 Å². The van der Waals surface area contributed by atoms with Crippen LogP contribution in [-0.2, 0) is 74.9 Å². The molecule has 8 atom stereocenters. The second kappa shape index (κ2) is 74.8. The van der Waals surface area contributed by atoms with Gasteiger partial charge in [0.1, 0.15) is 12.2 Å². The van der Waals surface area contributed by atoms with Crippen molar-refractivity contribution >= 4 is 51.2 Å². The van der Waals surface area contributed by atoms with Gasteiger partial charge in [-0.15, -0.1) is 0 Å². The first-order chi connectivity index (χ1) is 52.2. The first-order valence-corrected chi connectivity index (χ1v) is 45.8. The Morgan fingerprint density at radius 1 is 0.333 bits per heavy atom. The van der Waals surface area contributed by atoms with E-state index in [2.05, 4.69) is 87.1 Å². The van der Waals surface area contributed by atoms with Crippen LogP contribution in [0.2, 0.25) is 0 Å². The molecule has 0 saturated heterocycles. The van der Waals surface area contributed by atoms with E-state index in [1.165, 1.54) is 38.5 Å².